The van der Waals surface area contributed by atoms with Gasteiger partial charge in [0.1, 0.15) is 0 Å². The first kappa shape index (κ1) is 16.0. The van der Waals surface area contributed by atoms with E-state index in [4.69, 9.17) is 5.73 Å². The van der Waals surface area contributed by atoms with E-state index in [2.05, 4.69) is 17.0 Å². The van der Waals surface area contributed by atoms with Gasteiger partial charge < -0.3 is 15.7 Å². The highest BCUT2D eigenvalue weighted by Gasteiger charge is 2.32. The minimum atomic E-state index is -0.430. The maximum Gasteiger partial charge on any atom is 0.0820 e. The highest BCUT2D eigenvalue weighted by molar-refractivity contribution is 5.16. The predicted octanol–water partition coefficient (Wildman–Crippen LogP) is 2.43. The molecular weight excluding hydrogens is 272 g/mol. The lowest BCUT2D eigenvalue weighted by atomic mass is 9.75. The summed E-state index contributed by atoms with van der Waals surface area (Å²) in [7, 11) is 0. The van der Waals surface area contributed by atoms with Gasteiger partial charge in [0.2, 0.25) is 0 Å². The van der Waals surface area contributed by atoms with Gasteiger partial charge in [-0.1, -0.05) is 49.6 Å². The molecule has 4 unspecified atom stereocenters. The number of aliphatic hydroxyl groups excluding tert-OH is 1. The SMILES string of the molecule is NC(Cc1ccccc1)C(O)CN1CCC2CCCCC2C1. The monoisotopic (exact) mass is 302 g/mol. The van der Waals surface area contributed by atoms with E-state index in [9.17, 15) is 5.11 Å². The average Bonchev–Trinajstić information content (AvgIpc) is 2.55. The van der Waals surface area contributed by atoms with Crippen molar-refractivity contribution in [3.8, 4) is 0 Å². The van der Waals surface area contributed by atoms with Crippen LogP contribution in [-0.2, 0) is 6.42 Å². The Bertz CT molecular complexity index is 450. The molecule has 1 heterocycles. The van der Waals surface area contributed by atoms with Crippen LogP contribution in [0.5, 0.6) is 0 Å². The molecule has 3 rings (SSSR count). The first-order valence-corrected chi connectivity index (χ1v) is 8.92. The van der Waals surface area contributed by atoms with E-state index in [1.54, 1.807) is 0 Å². The standard InChI is InChI=1S/C19H30N2O/c20-18(12-15-6-2-1-3-7-15)19(22)14-21-11-10-16-8-4-5-9-17(16)13-21/h1-3,6-7,16-19,22H,4-5,8-14,20H2. The van der Waals surface area contributed by atoms with E-state index in [1.165, 1.54) is 44.2 Å². The predicted molar refractivity (Wildman–Crippen MR) is 90.6 cm³/mol. The van der Waals surface area contributed by atoms with Crippen LogP contribution in [0.1, 0.15) is 37.7 Å². The molecule has 122 valence electrons. The lowest BCUT2D eigenvalue weighted by Gasteiger charge is -2.42. The lowest BCUT2D eigenvalue weighted by Crippen LogP contribution is -2.49. The highest BCUT2D eigenvalue weighted by Crippen LogP contribution is 2.36. The molecule has 1 aromatic rings. The smallest absolute Gasteiger partial charge is 0.0820 e. The molecule has 2 fully saturated rings. The van der Waals surface area contributed by atoms with Crippen LogP contribution in [0.2, 0.25) is 0 Å². The van der Waals surface area contributed by atoms with Gasteiger partial charge in [-0.3, -0.25) is 0 Å². The van der Waals surface area contributed by atoms with E-state index in [0.717, 1.165) is 31.3 Å². The van der Waals surface area contributed by atoms with Gasteiger partial charge in [0.05, 0.1) is 6.10 Å². The van der Waals surface area contributed by atoms with Crippen LogP contribution >= 0.6 is 0 Å². The zero-order chi connectivity index (χ0) is 15.4. The topological polar surface area (TPSA) is 49.5 Å². The molecule has 1 aromatic carbocycles. The number of hydrogen-bond donors (Lipinski definition) is 2. The minimum absolute atomic E-state index is 0.175. The van der Waals surface area contributed by atoms with Crippen molar-refractivity contribution in [3.05, 3.63) is 35.9 Å². The molecule has 0 amide bonds. The van der Waals surface area contributed by atoms with Crippen molar-refractivity contribution >= 4 is 0 Å². The summed E-state index contributed by atoms with van der Waals surface area (Å²) in [5.41, 5.74) is 7.43. The number of aliphatic hydroxyl groups is 1. The Kier molecular flexibility index (Phi) is 5.51. The van der Waals surface area contributed by atoms with Crippen molar-refractivity contribution in [3.63, 3.8) is 0 Å². The van der Waals surface area contributed by atoms with E-state index in [0.29, 0.717) is 0 Å². The second-order valence-electron chi connectivity index (χ2n) is 7.27. The molecule has 3 N–H and O–H groups in total. The van der Waals surface area contributed by atoms with Gasteiger partial charge in [-0.15, -0.1) is 0 Å². The number of rotatable bonds is 5. The summed E-state index contributed by atoms with van der Waals surface area (Å²) in [4.78, 5) is 2.45. The lowest BCUT2D eigenvalue weighted by molar-refractivity contribution is 0.0374. The highest BCUT2D eigenvalue weighted by atomic mass is 16.3. The van der Waals surface area contributed by atoms with Crippen molar-refractivity contribution in [2.24, 2.45) is 17.6 Å². The maximum absolute atomic E-state index is 10.5. The van der Waals surface area contributed by atoms with Crippen LogP contribution in [0.4, 0.5) is 0 Å². The molecule has 1 aliphatic carbocycles. The number of nitrogens with two attached hydrogens (primary N) is 1. The van der Waals surface area contributed by atoms with Crippen LogP contribution in [0.3, 0.4) is 0 Å². The minimum Gasteiger partial charge on any atom is -0.390 e. The molecule has 3 heteroatoms. The normalized spacial score (nSPS) is 28.8. The van der Waals surface area contributed by atoms with Gasteiger partial charge in [0.25, 0.3) is 0 Å². The molecule has 3 nitrogen and oxygen atoms in total. The fraction of sp³-hybridized carbons (Fsp3) is 0.684. The molecule has 22 heavy (non-hydrogen) atoms. The Morgan fingerprint density at radius 3 is 2.59 bits per heavy atom. The van der Waals surface area contributed by atoms with Gasteiger partial charge >= 0.3 is 0 Å². The van der Waals surface area contributed by atoms with Gasteiger partial charge in [0.15, 0.2) is 0 Å². The van der Waals surface area contributed by atoms with Gasteiger partial charge in [-0.05, 0) is 43.2 Å². The third-order valence-electron chi connectivity index (χ3n) is 5.63. The van der Waals surface area contributed by atoms with Crippen LogP contribution in [0.25, 0.3) is 0 Å². The number of fused-ring (bicyclic) bond motifs is 1. The molecule has 0 aromatic heterocycles. The van der Waals surface area contributed by atoms with Crippen LogP contribution in [0.15, 0.2) is 30.3 Å². The largest absolute Gasteiger partial charge is 0.390 e. The summed E-state index contributed by atoms with van der Waals surface area (Å²) >= 11 is 0. The Morgan fingerprint density at radius 2 is 1.82 bits per heavy atom. The number of nitrogens with zero attached hydrogens (tertiary/aromatic N) is 1. The molecule has 4 atom stereocenters. The summed E-state index contributed by atoms with van der Waals surface area (Å²) in [6.07, 6.45) is 7.26. The van der Waals surface area contributed by atoms with Crippen molar-refractivity contribution in [1.82, 2.24) is 4.90 Å². The number of piperidine rings is 1. The summed E-state index contributed by atoms with van der Waals surface area (Å²) in [5.74, 6) is 1.81. The van der Waals surface area contributed by atoms with Crippen LogP contribution < -0.4 is 5.73 Å². The molecule has 0 spiro atoms. The van der Waals surface area contributed by atoms with E-state index >= 15 is 0 Å². The fourth-order valence-electron chi connectivity index (χ4n) is 4.26. The fourth-order valence-corrected chi connectivity index (χ4v) is 4.26. The zero-order valence-corrected chi connectivity index (χ0v) is 13.5. The third kappa shape index (κ3) is 4.09. The summed E-state index contributed by atoms with van der Waals surface area (Å²) < 4.78 is 0. The Labute approximate surface area is 134 Å². The van der Waals surface area contributed by atoms with Crippen molar-refractivity contribution < 1.29 is 5.11 Å². The van der Waals surface area contributed by atoms with E-state index in [1.807, 2.05) is 18.2 Å². The van der Waals surface area contributed by atoms with Gasteiger partial charge in [0, 0.05) is 19.1 Å². The number of likely N-dealkylation sites (tertiary alicyclic amines) is 1. The quantitative estimate of drug-likeness (QED) is 0.878. The summed E-state index contributed by atoms with van der Waals surface area (Å²) in [6.45, 7) is 3.04. The number of hydrogen-bond acceptors (Lipinski definition) is 3. The molecular formula is C19H30N2O. The molecule has 0 bridgehead atoms. The third-order valence-corrected chi connectivity index (χ3v) is 5.63. The van der Waals surface area contributed by atoms with Crippen LogP contribution in [-0.4, -0.2) is 41.8 Å². The number of β-amino-alcohol motifs (C(OH)–C–C–N with tert-alkyl or cyclic N) is 1. The Hall–Kier alpha value is -0.900. The van der Waals surface area contributed by atoms with E-state index < -0.39 is 6.10 Å². The summed E-state index contributed by atoms with van der Waals surface area (Å²) in [5, 5.41) is 10.5. The van der Waals surface area contributed by atoms with Crippen molar-refractivity contribution in [1.29, 1.82) is 0 Å². The van der Waals surface area contributed by atoms with Crippen LogP contribution in [0, 0.1) is 11.8 Å². The Morgan fingerprint density at radius 1 is 1.09 bits per heavy atom. The van der Waals surface area contributed by atoms with Gasteiger partial charge in [-0.25, -0.2) is 0 Å². The van der Waals surface area contributed by atoms with Crippen molar-refractivity contribution in [2.75, 3.05) is 19.6 Å². The first-order chi connectivity index (χ1) is 10.7. The first-order valence-electron chi connectivity index (χ1n) is 8.92. The zero-order valence-electron chi connectivity index (χ0n) is 13.5. The second-order valence-corrected chi connectivity index (χ2v) is 7.27. The molecule has 1 saturated carbocycles. The number of benzene rings is 1. The molecule has 0 radical (unpaired) electrons. The van der Waals surface area contributed by atoms with E-state index in [-0.39, 0.29) is 6.04 Å². The maximum atomic E-state index is 10.5. The van der Waals surface area contributed by atoms with Crippen molar-refractivity contribution in [2.45, 2.75) is 50.7 Å². The molecule has 2 aliphatic rings. The second kappa shape index (κ2) is 7.58. The molecule has 1 saturated heterocycles. The molecule has 1 aliphatic heterocycles. The van der Waals surface area contributed by atoms with Gasteiger partial charge in [-0.2, -0.15) is 0 Å². The summed E-state index contributed by atoms with van der Waals surface area (Å²) in [6, 6.07) is 10.1. The Balaban J connectivity index is 1.47. The average molecular weight is 302 g/mol.